The van der Waals surface area contributed by atoms with Gasteiger partial charge in [0.1, 0.15) is 0 Å². The number of thiol groups is 1. The third-order valence-electron chi connectivity index (χ3n) is 3.21. The number of nitriles is 1. The quantitative estimate of drug-likeness (QED) is 0.632. The Kier molecular flexibility index (Phi) is 2.98. The van der Waals surface area contributed by atoms with Crippen molar-refractivity contribution in [3.8, 4) is 17.2 Å². The monoisotopic (exact) mass is 261 g/mol. The first-order valence-electron chi connectivity index (χ1n) is 6.01. The Morgan fingerprint density at radius 3 is 2.32 bits per heavy atom. The van der Waals surface area contributed by atoms with Gasteiger partial charge in [0.25, 0.3) is 0 Å². The molecule has 90 valence electrons. The van der Waals surface area contributed by atoms with Crippen LogP contribution in [0.4, 0.5) is 0 Å². The van der Waals surface area contributed by atoms with Crippen LogP contribution in [0.15, 0.2) is 65.6 Å². The van der Waals surface area contributed by atoms with Crippen molar-refractivity contribution in [2.45, 2.75) is 4.90 Å². The second-order valence-electron chi connectivity index (χ2n) is 4.37. The highest BCUT2D eigenvalue weighted by atomic mass is 32.1. The molecule has 0 bridgehead atoms. The van der Waals surface area contributed by atoms with Crippen LogP contribution in [0, 0.1) is 11.3 Å². The molecule has 0 aliphatic carbocycles. The molecule has 0 N–H and O–H groups in total. The van der Waals surface area contributed by atoms with Crippen molar-refractivity contribution in [1.29, 1.82) is 5.26 Å². The molecule has 0 heterocycles. The average Bonchev–Trinajstić information content (AvgIpc) is 2.47. The number of fused-ring (bicyclic) bond motifs is 1. The Bertz CT molecular complexity index is 782. The van der Waals surface area contributed by atoms with Crippen molar-refractivity contribution in [2.24, 2.45) is 0 Å². The van der Waals surface area contributed by atoms with Gasteiger partial charge in [0, 0.05) is 10.5 Å². The lowest BCUT2D eigenvalue weighted by molar-refractivity contribution is 1.46. The fourth-order valence-electron chi connectivity index (χ4n) is 2.27. The fraction of sp³-hybridized carbons (Fsp3) is 0. The zero-order valence-corrected chi connectivity index (χ0v) is 11.1. The third kappa shape index (κ3) is 2.09. The predicted octanol–water partition coefficient (Wildman–Crippen LogP) is 4.67. The summed E-state index contributed by atoms with van der Waals surface area (Å²) in [6, 6.07) is 22.1. The molecule has 1 nitrogen and oxygen atoms in total. The van der Waals surface area contributed by atoms with Crippen molar-refractivity contribution in [3.05, 3.63) is 66.2 Å². The number of hydrogen-bond donors (Lipinski definition) is 1. The molecular weight excluding hydrogens is 250 g/mol. The van der Waals surface area contributed by atoms with Crippen LogP contribution < -0.4 is 0 Å². The molecule has 3 rings (SSSR count). The molecule has 2 heteroatoms. The minimum absolute atomic E-state index is 0.671. The summed E-state index contributed by atoms with van der Waals surface area (Å²) in [5.41, 5.74) is 2.87. The second kappa shape index (κ2) is 4.79. The lowest BCUT2D eigenvalue weighted by Gasteiger charge is -2.10. The highest BCUT2D eigenvalue weighted by molar-refractivity contribution is 7.80. The van der Waals surface area contributed by atoms with E-state index in [0.717, 1.165) is 16.0 Å². The van der Waals surface area contributed by atoms with Gasteiger partial charge in [0.2, 0.25) is 0 Å². The highest BCUT2D eigenvalue weighted by Crippen LogP contribution is 2.34. The van der Waals surface area contributed by atoms with E-state index in [9.17, 15) is 0 Å². The molecule has 0 aromatic heterocycles. The van der Waals surface area contributed by atoms with Crippen LogP contribution in [0.2, 0.25) is 0 Å². The number of benzene rings is 3. The molecule has 0 fully saturated rings. The summed E-state index contributed by atoms with van der Waals surface area (Å²) in [5, 5.41) is 11.2. The lowest BCUT2D eigenvalue weighted by Crippen LogP contribution is -1.84. The van der Waals surface area contributed by atoms with Crippen LogP contribution in [0.1, 0.15) is 5.56 Å². The maximum Gasteiger partial charge on any atom is 0.0991 e. The molecule has 0 amide bonds. The van der Waals surface area contributed by atoms with Crippen molar-refractivity contribution in [2.75, 3.05) is 0 Å². The van der Waals surface area contributed by atoms with Crippen LogP contribution in [0.5, 0.6) is 0 Å². The van der Waals surface area contributed by atoms with E-state index in [-0.39, 0.29) is 0 Å². The molecule has 0 spiro atoms. The van der Waals surface area contributed by atoms with Gasteiger partial charge in [0.15, 0.2) is 0 Å². The first-order valence-corrected chi connectivity index (χ1v) is 6.45. The van der Waals surface area contributed by atoms with Gasteiger partial charge in [0.05, 0.1) is 11.6 Å². The molecule has 0 saturated heterocycles. The Labute approximate surface area is 117 Å². The number of hydrogen-bond acceptors (Lipinski definition) is 2. The van der Waals surface area contributed by atoms with E-state index in [4.69, 9.17) is 5.26 Å². The van der Waals surface area contributed by atoms with Gasteiger partial charge in [-0.3, -0.25) is 0 Å². The predicted molar refractivity (Wildman–Crippen MR) is 81.4 cm³/mol. The van der Waals surface area contributed by atoms with Crippen LogP contribution in [-0.2, 0) is 0 Å². The third-order valence-corrected chi connectivity index (χ3v) is 3.58. The molecule has 3 aromatic carbocycles. The standard InChI is InChI=1S/C17H11NS/c18-11-12-5-7-14(8-6-12)17-15-4-2-1-3-13(15)9-10-16(17)19/h1-10,19H. The summed E-state index contributed by atoms with van der Waals surface area (Å²) in [4.78, 5) is 0.948. The normalized spacial score (nSPS) is 10.3. The van der Waals surface area contributed by atoms with Crippen LogP contribution in [0.3, 0.4) is 0 Å². The zero-order valence-electron chi connectivity index (χ0n) is 10.2. The molecule has 0 saturated carbocycles. The summed E-state index contributed by atoms with van der Waals surface area (Å²) < 4.78 is 0. The number of rotatable bonds is 1. The summed E-state index contributed by atoms with van der Waals surface area (Å²) in [5.74, 6) is 0. The molecule has 0 radical (unpaired) electrons. The minimum Gasteiger partial charge on any atom is -0.192 e. The lowest BCUT2D eigenvalue weighted by atomic mass is 9.97. The topological polar surface area (TPSA) is 23.8 Å². The minimum atomic E-state index is 0.671. The Morgan fingerprint density at radius 2 is 1.58 bits per heavy atom. The largest absolute Gasteiger partial charge is 0.192 e. The van der Waals surface area contributed by atoms with E-state index in [1.165, 1.54) is 10.8 Å². The maximum atomic E-state index is 8.86. The van der Waals surface area contributed by atoms with Gasteiger partial charge < -0.3 is 0 Å². The van der Waals surface area contributed by atoms with Crippen molar-refractivity contribution in [1.82, 2.24) is 0 Å². The summed E-state index contributed by atoms with van der Waals surface area (Å²) in [6.45, 7) is 0. The first kappa shape index (κ1) is 11.8. The smallest absolute Gasteiger partial charge is 0.0991 e. The SMILES string of the molecule is N#Cc1ccc(-c2c(S)ccc3ccccc23)cc1. The van der Waals surface area contributed by atoms with Crippen molar-refractivity contribution >= 4 is 23.4 Å². The van der Waals surface area contributed by atoms with Gasteiger partial charge in [-0.05, 0) is 34.5 Å². The molecule has 0 unspecified atom stereocenters. The number of nitrogens with zero attached hydrogens (tertiary/aromatic N) is 1. The van der Waals surface area contributed by atoms with Crippen LogP contribution in [0.25, 0.3) is 21.9 Å². The summed E-state index contributed by atoms with van der Waals surface area (Å²) in [6.07, 6.45) is 0. The molecule has 3 aromatic rings. The van der Waals surface area contributed by atoms with Gasteiger partial charge in [-0.25, -0.2) is 0 Å². The Balaban J connectivity index is 2.29. The van der Waals surface area contributed by atoms with Gasteiger partial charge in [-0.1, -0.05) is 42.5 Å². The van der Waals surface area contributed by atoms with E-state index in [1.54, 1.807) is 0 Å². The maximum absolute atomic E-state index is 8.86. The van der Waals surface area contributed by atoms with Gasteiger partial charge in [-0.2, -0.15) is 5.26 Å². The van der Waals surface area contributed by atoms with Crippen molar-refractivity contribution in [3.63, 3.8) is 0 Å². The Hall–Kier alpha value is -2.24. The van der Waals surface area contributed by atoms with E-state index in [1.807, 2.05) is 42.5 Å². The summed E-state index contributed by atoms with van der Waals surface area (Å²) in [7, 11) is 0. The van der Waals surface area contributed by atoms with E-state index in [2.05, 4.69) is 36.9 Å². The Morgan fingerprint density at radius 1 is 0.842 bits per heavy atom. The van der Waals surface area contributed by atoms with Gasteiger partial charge >= 0.3 is 0 Å². The molecule has 0 atom stereocenters. The van der Waals surface area contributed by atoms with E-state index < -0.39 is 0 Å². The van der Waals surface area contributed by atoms with Crippen LogP contribution in [-0.4, -0.2) is 0 Å². The molecular formula is C17H11NS. The fourth-order valence-corrected chi connectivity index (χ4v) is 2.60. The van der Waals surface area contributed by atoms with E-state index in [0.29, 0.717) is 5.56 Å². The first-order chi connectivity index (χ1) is 9.29. The molecule has 0 aliphatic rings. The van der Waals surface area contributed by atoms with E-state index >= 15 is 0 Å². The molecule has 19 heavy (non-hydrogen) atoms. The molecule has 0 aliphatic heterocycles. The van der Waals surface area contributed by atoms with Gasteiger partial charge in [-0.15, -0.1) is 12.6 Å². The van der Waals surface area contributed by atoms with Crippen molar-refractivity contribution < 1.29 is 0 Å². The van der Waals surface area contributed by atoms with Crippen LogP contribution >= 0.6 is 12.6 Å². The zero-order chi connectivity index (χ0) is 13.2. The average molecular weight is 261 g/mol. The summed E-state index contributed by atoms with van der Waals surface area (Å²) >= 11 is 4.57. The second-order valence-corrected chi connectivity index (χ2v) is 4.85. The highest BCUT2D eigenvalue weighted by Gasteiger charge is 2.07.